The molecule has 1 fully saturated rings. The fraction of sp³-hybridized carbons (Fsp3) is 0.391. The van der Waals surface area contributed by atoms with E-state index in [9.17, 15) is 9.59 Å². The molecule has 32 heavy (non-hydrogen) atoms. The van der Waals surface area contributed by atoms with Gasteiger partial charge in [-0.3, -0.25) is 0 Å². The maximum Gasteiger partial charge on any atom is 0.321 e. The van der Waals surface area contributed by atoms with E-state index in [-0.39, 0.29) is 12.1 Å². The third-order valence-corrected chi connectivity index (χ3v) is 5.71. The predicted octanol–water partition coefficient (Wildman–Crippen LogP) is 4.81. The molecule has 0 atom stereocenters. The van der Waals surface area contributed by atoms with Crippen LogP contribution in [0.15, 0.2) is 42.5 Å². The number of hydrogen-bond acceptors (Lipinski definition) is 4. The Balaban J connectivity index is 1.38. The van der Waals surface area contributed by atoms with Gasteiger partial charge >= 0.3 is 12.1 Å². The number of halogens is 1. The minimum atomic E-state index is -0.296. The normalized spacial score (nSPS) is 13.9. The number of carbonyl (C=O) groups excluding carboxylic acids is 2. The topological polar surface area (TPSA) is 91.9 Å². The van der Waals surface area contributed by atoms with Crippen LogP contribution < -0.4 is 25.4 Å². The molecular formula is C23H29ClN4O4. The van der Waals surface area contributed by atoms with Gasteiger partial charge in [-0.2, -0.15) is 0 Å². The summed E-state index contributed by atoms with van der Waals surface area (Å²) in [4.78, 5) is 26.5. The lowest BCUT2D eigenvalue weighted by Gasteiger charge is -2.32. The summed E-state index contributed by atoms with van der Waals surface area (Å²) in [5.41, 5.74) is 1.23. The second kappa shape index (κ2) is 11.5. The van der Waals surface area contributed by atoms with Crippen molar-refractivity contribution < 1.29 is 19.1 Å². The Labute approximate surface area is 193 Å². The average molecular weight is 461 g/mol. The molecular weight excluding hydrogens is 432 g/mol. The number of amides is 4. The van der Waals surface area contributed by atoms with Gasteiger partial charge in [0.2, 0.25) is 0 Å². The molecule has 0 aliphatic carbocycles. The number of rotatable bonds is 7. The van der Waals surface area contributed by atoms with Crippen LogP contribution in [0, 0.1) is 5.92 Å². The van der Waals surface area contributed by atoms with Gasteiger partial charge in [0.25, 0.3) is 0 Å². The van der Waals surface area contributed by atoms with Crippen molar-refractivity contribution in [1.29, 1.82) is 0 Å². The van der Waals surface area contributed by atoms with Gasteiger partial charge in [-0.05, 0) is 55.5 Å². The molecule has 1 saturated heterocycles. The molecule has 172 valence electrons. The Morgan fingerprint density at radius 1 is 1.06 bits per heavy atom. The zero-order valence-electron chi connectivity index (χ0n) is 18.3. The summed E-state index contributed by atoms with van der Waals surface area (Å²) in [7, 11) is 3.12. The predicted molar refractivity (Wildman–Crippen MR) is 126 cm³/mol. The zero-order valence-corrected chi connectivity index (χ0v) is 19.1. The third-order valence-electron chi connectivity index (χ3n) is 5.47. The number of likely N-dealkylation sites (tertiary alicyclic amines) is 1. The molecule has 0 radical (unpaired) electrons. The number of benzene rings is 2. The van der Waals surface area contributed by atoms with E-state index in [1.54, 1.807) is 50.6 Å². The molecule has 1 aliphatic rings. The van der Waals surface area contributed by atoms with E-state index in [0.29, 0.717) is 53.4 Å². The fourth-order valence-electron chi connectivity index (χ4n) is 3.66. The van der Waals surface area contributed by atoms with Gasteiger partial charge < -0.3 is 30.3 Å². The fourth-order valence-corrected chi connectivity index (χ4v) is 3.85. The summed E-state index contributed by atoms with van der Waals surface area (Å²) in [6.07, 6.45) is 2.65. The molecule has 1 heterocycles. The van der Waals surface area contributed by atoms with Gasteiger partial charge in [0.15, 0.2) is 0 Å². The van der Waals surface area contributed by atoms with Gasteiger partial charge in [-0.25, -0.2) is 9.59 Å². The third kappa shape index (κ3) is 6.68. The Hall–Kier alpha value is -3.13. The molecule has 2 aromatic carbocycles. The van der Waals surface area contributed by atoms with Crippen LogP contribution in [0.25, 0.3) is 0 Å². The highest BCUT2D eigenvalue weighted by atomic mass is 35.5. The lowest BCUT2D eigenvalue weighted by molar-refractivity contribution is 0.180. The molecule has 9 heteroatoms. The lowest BCUT2D eigenvalue weighted by atomic mass is 9.94. The summed E-state index contributed by atoms with van der Waals surface area (Å²) in [6, 6.07) is 11.9. The monoisotopic (exact) mass is 460 g/mol. The number of nitrogens with zero attached hydrogens (tertiary/aromatic N) is 1. The minimum absolute atomic E-state index is 0.115. The highest BCUT2D eigenvalue weighted by Crippen LogP contribution is 2.28. The van der Waals surface area contributed by atoms with Crippen LogP contribution in [-0.2, 0) is 0 Å². The molecule has 0 spiro atoms. The van der Waals surface area contributed by atoms with Gasteiger partial charge in [0.05, 0.1) is 19.9 Å². The maximum atomic E-state index is 12.4. The van der Waals surface area contributed by atoms with Crippen molar-refractivity contribution in [3.8, 4) is 11.5 Å². The highest BCUT2D eigenvalue weighted by molar-refractivity contribution is 6.30. The molecule has 3 rings (SSSR count). The summed E-state index contributed by atoms with van der Waals surface area (Å²) in [5.74, 6) is 1.65. The van der Waals surface area contributed by atoms with Crippen molar-refractivity contribution >= 4 is 35.0 Å². The van der Waals surface area contributed by atoms with Crippen LogP contribution in [0.5, 0.6) is 11.5 Å². The number of anilines is 2. The number of hydrogen-bond donors (Lipinski definition) is 3. The van der Waals surface area contributed by atoms with E-state index in [2.05, 4.69) is 16.0 Å². The smallest absolute Gasteiger partial charge is 0.321 e. The molecule has 2 aromatic rings. The van der Waals surface area contributed by atoms with Crippen LogP contribution in [0.3, 0.4) is 0 Å². The van der Waals surface area contributed by atoms with Crippen molar-refractivity contribution in [2.75, 3.05) is 44.5 Å². The van der Waals surface area contributed by atoms with Crippen LogP contribution in [0.1, 0.15) is 19.3 Å². The van der Waals surface area contributed by atoms with E-state index >= 15 is 0 Å². The molecule has 0 unspecified atom stereocenters. The van der Waals surface area contributed by atoms with E-state index in [1.807, 2.05) is 11.0 Å². The zero-order chi connectivity index (χ0) is 22.9. The molecule has 3 N–H and O–H groups in total. The Bertz CT molecular complexity index is 932. The van der Waals surface area contributed by atoms with Crippen LogP contribution in [0.4, 0.5) is 21.0 Å². The first-order chi connectivity index (χ1) is 15.5. The van der Waals surface area contributed by atoms with Gasteiger partial charge in [-0.1, -0.05) is 17.7 Å². The number of urea groups is 2. The molecule has 0 bridgehead atoms. The lowest BCUT2D eigenvalue weighted by Crippen LogP contribution is -2.41. The molecule has 1 aliphatic heterocycles. The molecule has 8 nitrogen and oxygen atoms in total. The summed E-state index contributed by atoms with van der Waals surface area (Å²) >= 11 is 5.97. The van der Waals surface area contributed by atoms with Crippen LogP contribution >= 0.6 is 11.6 Å². The van der Waals surface area contributed by atoms with E-state index in [4.69, 9.17) is 21.1 Å². The summed E-state index contributed by atoms with van der Waals surface area (Å²) < 4.78 is 10.5. The summed E-state index contributed by atoms with van der Waals surface area (Å²) in [6.45, 7) is 1.92. The largest absolute Gasteiger partial charge is 0.497 e. The van der Waals surface area contributed by atoms with Crippen molar-refractivity contribution in [2.24, 2.45) is 5.92 Å². The van der Waals surface area contributed by atoms with Crippen LogP contribution in [-0.4, -0.2) is 50.8 Å². The molecule has 0 saturated carbocycles. The van der Waals surface area contributed by atoms with Crippen molar-refractivity contribution in [2.45, 2.75) is 19.3 Å². The average Bonchev–Trinajstić information content (AvgIpc) is 2.79. The van der Waals surface area contributed by atoms with Crippen LogP contribution in [0.2, 0.25) is 5.02 Å². The number of nitrogens with one attached hydrogen (secondary N) is 3. The second-order valence-electron chi connectivity index (χ2n) is 7.61. The number of carbonyl (C=O) groups is 2. The molecule has 0 aromatic heterocycles. The van der Waals surface area contributed by atoms with Gasteiger partial charge in [0.1, 0.15) is 11.5 Å². The van der Waals surface area contributed by atoms with Crippen molar-refractivity contribution in [3.63, 3.8) is 0 Å². The highest BCUT2D eigenvalue weighted by Gasteiger charge is 2.23. The van der Waals surface area contributed by atoms with E-state index in [1.165, 1.54) is 0 Å². The first kappa shape index (κ1) is 23.5. The number of methoxy groups -OCH3 is 2. The van der Waals surface area contributed by atoms with Crippen molar-refractivity contribution in [3.05, 3.63) is 47.5 Å². The Morgan fingerprint density at radius 2 is 1.84 bits per heavy atom. The molecule has 4 amide bonds. The second-order valence-corrected chi connectivity index (χ2v) is 8.04. The Kier molecular flexibility index (Phi) is 8.44. The minimum Gasteiger partial charge on any atom is -0.497 e. The van der Waals surface area contributed by atoms with Crippen molar-refractivity contribution in [1.82, 2.24) is 10.2 Å². The standard InChI is InChI=1S/C23H29ClN4O4/c1-31-19-6-7-21(32-2)20(15-19)27-22(29)25-11-8-16-9-12-28(13-10-16)23(30)26-18-5-3-4-17(24)14-18/h3-7,14-16H,8-13H2,1-2H3,(H,26,30)(H2,25,27,29). The number of piperidine rings is 1. The van der Waals surface area contributed by atoms with Gasteiger partial charge in [-0.15, -0.1) is 0 Å². The van der Waals surface area contributed by atoms with E-state index < -0.39 is 0 Å². The SMILES string of the molecule is COc1ccc(OC)c(NC(=O)NCCC2CCN(C(=O)Nc3cccc(Cl)c3)CC2)c1. The number of ether oxygens (including phenoxy) is 2. The first-order valence-corrected chi connectivity index (χ1v) is 10.9. The van der Waals surface area contributed by atoms with Gasteiger partial charge in [0, 0.05) is 36.4 Å². The first-order valence-electron chi connectivity index (χ1n) is 10.6. The Morgan fingerprint density at radius 3 is 2.53 bits per heavy atom. The summed E-state index contributed by atoms with van der Waals surface area (Å²) in [5, 5.41) is 9.15. The quantitative estimate of drug-likeness (QED) is 0.552. The van der Waals surface area contributed by atoms with E-state index in [0.717, 1.165) is 19.3 Å². The maximum absolute atomic E-state index is 12.4.